The van der Waals surface area contributed by atoms with Gasteiger partial charge in [-0.1, -0.05) is 30.3 Å². The average molecular weight is 312 g/mol. The van der Waals surface area contributed by atoms with Crippen LogP contribution in [-0.2, 0) is 14.9 Å². The van der Waals surface area contributed by atoms with Gasteiger partial charge in [0.05, 0.1) is 5.54 Å². The van der Waals surface area contributed by atoms with Crippen LogP contribution in [0.1, 0.15) is 24.8 Å². The molecule has 1 aromatic rings. The predicted molar refractivity (Wildman–Crippen MR) is 82.7 cm³/mol. The number of hydrogen-bond donors (Lipinski definition) is 1. The van der Waals surface area contributed by atoms with Gasteiger partial charge in [-0.2, -0.15) is 0 Å². The smallest absolute Gasteiger partial charge is 0.407 e. The normalized spacial score (nSPS) is 40.3. The third kappa shape index (κ3) is 1.85. The van der Waals surface area contributed by atoms with Crippen LogP contribution in [0.15, 0.2) is 30.3 Å². The Balaban J connectivity index is 1.25. The maximum Gasteiger partial charge on any atom is 0.407 e. The van der Waals surface area contributed by atoms with Gasteiger partial charge in [-0.15, -0.1) is 0 Å². The number of ether oxygens (including phenoxy) is 1. The van der Waals surface area contributed by atoms with Crippen molar-refractivity contribution < 1.29 is 14.3 Å². The van der Waals surface area contributed by atoms with Crippen molar-refractivity contribution in [1.29, 1.82) is 0 Å². The highest BCUT2D eigenvalue weighted by Crippen LogP contribution is 2.59. The molecule has 2 unspecified atom stereocenters. The topological polar surface area (TPSA) is 58.6 Å². The minimum Gasteiger partial charge on any atom is -0.447 e. The van der Waals surface area contributed by atoms with Gasteiger partial charge in [0.15, 0.2) is 0 Å². The first-order valence-corrected chi connectivity index (χ1v) is 8.40. The summed E-state index contributed by atoms with van der Waals surface area (Å²) >= 11 is 0. The molecule has 0 aromatic heterocycles. The van der Waals surface area contributed by atoms with Crippen molar-refractivity contribution in [3.63, 3.8) is 0 Å². The van der Waals surface area contributed by atoms with E-state index in [1.165, 1.54) is 12.0 Å². The zero-order valence-corrected chi connectivity index (χ0v) is 13.0. The highest BCUT2D eigenvalue weighted by atomic mass is 16.6. The molecule has 4 aliphatic rings. The fourth-order valence-corrected chi connectivity index (χ4v) is 4.90. The van der Waals surface area contributed by atoms with Crippen LogP contribution in [0, 0.1) is 11.8 Å². The van der Waals surface area contributed by atoms with Crippen LogP contribution in [0.5, 0.6) is 0 Å². The first-order chi connectivity index (χ1) is 11.1. The highest BCUT2D eigenvalue weighted by molar-refractivity contribution is 5.82. The maximum atomic E-state index is 12.8. The molecule has 2 atom stereocenters. The fraction of sp³-hybridized carbons (Fsp3) is 0.556. The van der Waals surface area contributed by atoms with Gasteiger partial charge in [-0.3, -0.25) is 4.79 Å². The third-order valence-electron chi connectivity index (χ3n) is 6.28. The molecule has 2 heterocycles. The third-order valence-corrected chi connectivity index (χ3v) is 6.28. The van der Waals surface area contributed by atoms with E-state index in [-0.39, 0.29) is 28.9 Å². The lowest BCUT2D eigenvalue weighted by molar-refractivity contribution is -0.140. The van der Waals surface area contributed by atoms with E-state index in [1.807, 2.05) is 6.07 Å². The first-order valence-electron chi connectivity index (χ1n) is 8.40. The van der Waals surface area contributed by atoms with Gasteiger partial charge in [0.1, 0.15) is 6.61 Å². The monoisotopic (exact) mass is 312 g/mol. The number of piperidine rings is 1. The molecule has 1 spiro atoms. The largest absolute Gasteiger partial charge is 0.447 e. The van der Waals surface area contributed by atoms with Crippen LogP contribution in [0.3, 0.4) is 0 Å². The standard InChI is InChI=1S/C18H20N2O3/c21-15(12-6-17(7-12)11-23-16(22)19-17)20-9-14-8-18(14,10-20)13-4-2-1-3-5-13/h1-5,12,14H,6-11H2,(H,19,22)/t12-,14?,17+,18?. The van der Waals surface area contributed by atoms with Gasteiger partial charge < -0.3 is 15.0 Å². The Kier molecular flexibility index (Phi) is 2.49. The summed E-state index contributed by atoms with van der Waals surface area (Å²) in [5.74, 6) is 0.930. The molecular weight excluding hydrogens is 292 g/mol. The molecule has 4 fully saturated rings. The van der Waals surface area contributed by atoms with Crippen molar-refractivity contribution in [2.75, 3.05) is 19.7 Å². The van der Waals surface area contributed by atoms with Crippen LogP contribution in [-0.4, -0.2) is 42.1 Å². The lowest BCUT2D eigenvalue weighted by atomic mass is 9.68. The molecule has 2 aliphatic heterocycles. The molecule has 5 rings (SSSR count). The fourth-order valence-electron chi connectivity index (χ4n) is 4.90. The lowest BCUT2D eigenvalue weighted by Crippen LogP contribution is -2.58. The van der Waals surface area contributed by atoms with Gasteiger partial charge >= 0.3 is 6.09 Å². The van der Waals surface area contributed by atoms with E-state index in [4.69, 9.17) is 4.74 Å². The van der Waals surface area contributed by atoms with E-state index >= 15 is 0 Å². The van der Waals surface area contributed by atoms with Crippen LogP contribution in [0.2, 0.25) is 0 Å². The number of hydrogen-bond acceptors (Lipinski definition) is 3. The van der Waals surface area contributed by atoms with Crippen molar-refractivity contribution in [3.8, 4) is 0 Å². The molecule has 0 radical (unpaired) electrons. The van der Waals surface area contributed by atoms with Gasteiger partial charge in [-0.05, 0) is 30.7 Å². The van der Waals surface area contributed by atoms with Crippen molar-refractivity contribution >= 4 is 12.0 Å². The number of carbonyl (C=O) groups is 2. The molecule has 2 saturated carbocycles. The molecule has 2 aliphatic carbocycles. The Morgan fingerprint density at radius 1 is 1.22 bits per heavy atom. The second kappa shape index (κ2) is 4.28. The first kappa shape index (κ1) is 13.4. The van der Waals surface area contributed by atoms with Crippen LogP contribution in [0.25, 0.3) is 0 Å². The molecule has 1 N–H and O–H groups in total. The molecule has 2 amide bonds. The van der Waals surface area contributed by atoms with Gasteiger partial charge in [0.25, 0.3) is 0 Å². The number of nitrogens with zero attached hydrogens (tertiary/aromatic N) is 1. The molecule has 120 valence electrons. The quantitative estimate of drug-likeness (QED) is 0.904. The Hall–Kier alpha value is -2.04. The summed E-state index contributed by atoms with van der Waals surface area (Å²) < 4.78 is 4.99. The lowest BCUT2D eigenvalue weighted by Gasteiger charge is -2.43. The van der Waals surface area contributed by atoms with E-state index in [9.17, 15) is 9.59 Å². The summed E-state index contributed by atoms with van der Waals surface area (Å²) in [4.78, 5) is 26.0. The maximum absolute atomic E-state index is 12.8. The zero-order chi connectivity index (χ0) is 15.7. The average Bonchev–Trinajstić information content (AvgIpc) is 2.90. The van der Waals surface area contributed by atoms with Crippen LogP contribution < -0.4 is 5.32 Å². The number of amides is 2. The number of cyclic esters (lactones) is 1. The summed E-state index contributed by atoms with van der Waals surface area (Å²) in [5, 5.41) is 2.86. The number of alkyl carbamates (subject to hydrolysis) is 1. The van der Waals surface area contributed by atoms with Gasteiger partial charge in [0.2, 0.25) is 5.91 Å². The van der Waals surface area contributed by atoms with E-state index in [2.05, 4.69) is 34.5 Å². The summed E-state index contributed by atoms with van der Waals surface area (Å²) in [6.07, 6.45) is 2.30. The minimum atomic E-state index is -0.346. The molecule has 23 heavy (non-hydrogen) atoms. The minimum absolute atomic E-state index is 0.0438. The van der Waals surface area contributed by atoms with Crippen LogP contribution in [0.4, 0.5) is 4.79 Å². The Morgan fingerprint density at radius 3 is 2.70 bits per heavy atom. The SMILES string of the molecule is O=C1N[C@]2(CO1)C[C@H](C(=O)N1CC3CC3(c3ccccc3)C1)C2. The van der Waals surface area contributed by atoms with Gasteiger partial charge in [-0.25, -0.2) is 4.79 Å². The van der Waals surface area contributed by atoms with E-state index < -0.39 is 0 Å². The van der Waals surface area contributed by atoms with E-state index in [0.717, 1.165) is 25.9 Å². The second-order valence-electron chi connectivity index (χ2n) is 7.73. The Morgan fingerprint density at radius 2 is 2.00 bits per heavy atom. The number of carbonyl (C=O) groups excluding carboxylic acids is 2. The van der Waals surface area contributed by atoms with Gasteiger partial charge in [0, 0.05) is 24.4 Å². The van der Waals surface area contributed by atoms with Crippen molar-refractivity contribution in [1.82, 2.24) is 10.2 Å². The summed E-state index contributed by atoms with van der Waals surface area (Å²) in [6.45, 7) is 2.15. The van der Waals surface area contributed by atoms with Crippen molar-refractivity contribution in [3.05, 3.63) is 35.9 Å². The molecular formula is C18H20N2O3. The molecule has 2 saturated heterocycles. The number of rotatable bonds is 2. The predicted octanol–water partition coefficient (Wildman–Crippen LogP) is 1.68. The van der Waals surface area contributed by atoms with Crippen molar-refractivity contribution in [2.24, 2.45) is 11.8 Å². The summed E-state index contributed by atoms with van der Waals surface area (Å²) in [7, 11) is 0. The molecule has 5 nitrogen and oxygen atoms in total. The molecule has 1 aromatic carbocycles. The molecule has 0 bridgehead atoms. The number of fused-ring (bicyclic) bond motifs is 1. The second-order valence-corrected chi connectivity index (χ2v) is 7.73. The summed E-state index contributed by atoms with van der Waals surface area (Å²) in [5.41, 5.74) is 1.32. The Bertz CT molecular complexity index is 683. The van der Waals surface area contributed by atoms with Crippen molar-refractivity contribution in [2.45, 2.75) is 30.2 Å². The number of benzene rings is 1. The zero-order valence-electron chi connectivity index (χ0n) is 13.0. The number of nitrogens with one attached hydrogen (secondary N) is 1. The van der Waals surface area contributed by atoms with E-state index in [0.29, 0.717) is 12.5 Å². The summed E-state index contributed by atoms with van der Waals surface area (Å²) in [6, 6.07) is 10.6. The molecule has 5 heteroatoms. The van der Waals surface area contributed by atoms with E-state index in [1.54, 1.807) is 0 Å². The van der Waals surface area contributed by atoms with Crippen LogP contribution >= 0.6 is 0 Å². The Labute approximate surface area is 135 Å². The highest BCUT2D eigenvalue weighted by Gasteiger charge is 2.63. The number of likely N-dealkylation sites (tertiary alicyclic amines) is 1.